The van der Waals surface area contributed by atoms with E-state index in [2.05, 4.69) is 5.32 Å². The maximum Gasteiger partial charge on any atom is 0.307 e. The second-order valence-corrected chi connectivity index (χ2v) is 4.43. The zero-order valence-electron chi connectivity index (χ0n) is 8.78. The second kappa shape index (κ2) is 4.50. The van der Waals surface area contributed by atoms with E-state index in [1.165, 1.54) is 12.1 Å². The van der Waals surface area contributed by atoms with Gasteiger partial charge < -0.3 is 15.5 Å². The third-order valence-corrected chi connectivity index (χ3v) is 3.23. The van der Waals surface area contributed by atoms with Crippen molar-refractivity contribution >= 4 is 17.6 Å². The molecule has 1 aromatic rings. The number of phenols is 1. The van der Waals surface area contributed by atoms with Crippen LogP contribution in [0, 0.1) is 11.7 Å². The van der Waals surface area contributed by atoms with Crippen molar-refractivity contribution in [3.05, 3.63) is 28.5 Å². The van der Waals surface area contributed by atoms with Gasteiger partial charge in [0.15, 0.2) is 0 Å². The van der Waals surface area contributed by atoms with Crippen LogP contribution in [-0.4, -0.2) is 22.7 Å². The van der Waals surface area contributed by atoms with E-state index in [1.807, 2.05) is 0 Å². The average molecular weight is 260 g/mol. The van der Waals surface area contributed by atoms with Crippen LogP contribution in [-0.2, 0) is 4.79 Å². The molecule has 17 heavy (non-hydrogen) atoms. The van der Waals surface area contributed by atoms with Gasteiger partial charge in [-0.1, -0.05) is 11.6 Å². The topological polar surface area (TPSA) is 69.6 Å². The minimum absolute atomic E-state index is 0.0428. The molecule has 0 aromatic heterocycles. The molecule has 0 amide bonds. The molecule has 1 aromatic carbocycles. The lowest BCUT2D eigenvalue weighted by molar-refractivity contribution is -0.141. The number of nitrogens with one attached hydrogen (secondary N) is 1. The highest BCUT2D eigenvalue weighted by Gasteiger charge is 2.33. The predicted molar refractivity (Wildman–Crippen MR) is 59.6 cm³/mol. The maximum atomic E-state index is 13.8. The molecule has 0 aliphatic carbocycles. The van der Waals surface area contributed by atoms with Crippen LogP contribution >= 0.6 is 11.6 Å². The Morgan fingerprint density at radius 3 is 2.82 bits per heavy atom. The molecule has 2 atom stereocenters. The number of carbonyl (C=O) groups is 1. The molecule has 92 valence electrons. The summed E-state index contributed by atoms with van der Waals surface area (Å²) in [6.07, 6.45) is 0.236. The van der Waals surface area contributed by atoms with Gasteiger partial charge in [0.2, 0.25) is 0 Å². The van der Waals surface area contributed by atoms with Gasteiger partial charge >= 0.3 is 5.97 Å². The van der Waals surface area contributed by atoms with Crippen molar-refractivity contribution in [1.29, 1.82) is 0 Å². The summed E-state index contributed by atoms with van der Waals surface area (Å²) < 4.78 is 13.8. The van der Waals surface area contributed by atoms with Gasteiger partial charge in [0.05, 0.1) is 10.9 Å². The average Bonchev–Trinajstić information content (AvgIpc) is 2.73. The van der Waals surface area contributed by atoms with Crippen molar-refractivity contribution in [2.24, 2.45) is 5.92 Å². The van der Waals surface area contributed by atoms with Gasteiger partial charge in [-0.25, -0.2) is 4.39 Å². The third kappa shape index (κ3) is 2.21. The standard InChI is InChI=1S/C11H11ClFNO3/c12-6-1-2-8(15)9(10(6)13)7-3-5(4-14-7)11(16)17/h1-2,5,7,14-15H,3-4H2,(H,16,17). The first-order valence-corrected chi connectivity index (χ1v) is 5.51. The summed E-state index contributed by atoms with van der Waals surface area (Å²) in [5.74, 6) is -2.41. The van der Waals surface area contributed by atoms with Gasteiger partial charge in [-0.2, -0.15) is 0 Å². The number of aliphatic carboxylic acids is 1. The summed E-state index contributed by atoms with van der Waals surface area (Å²) in [5, 5.41) is 21.3. The van der Waals surface area contributed by atoms with Crippen LogP contribution in [0.1, 0.15) is 18.0 Å². The molecule has 1 heterocycles. The van der Waals surface area contributed by atoms with E-state index >= 15 is 0 Å². The quantitative estimate of drug-likeness (QED) is 0.759. The van der Waals surface area contributed by atoms with Crippen molar-refractivity contribution in [3.8, 4) is 5.75 Å². The summed E-state index contributed by atoms with van der Waals surface area (Å²) in [5.41, 5.74) is 0.0428. The number of phenolic OH excluding ortho intramolecular Hbond substituents is 1. The molecule has 4 nitrogen and oxygen atoms in total. The zero-order chi connectivity index (χ0) is 12.6. The molecule has 2 unspecified atom stereocenters. The lowest BCUT2D eigenvalue weighted by atomic mass is 9.99. The molecule has 1 aliphatic rings. The van der Waals surface area contributed by atoms with Crippen LogP contribution in [0.4, 0.5) is 4.39 Å². The first kappa shape index (κ1) is 12.1. The highest BCUT2D eigenvalue weighted by atomic mass is 35.5. The molecule has 1 aliphatic heterocycles. The summed E-state index contributed by atoms with van der Waals surface area (Å²) >= 11 is 5.63. The largest absolute Gasteiger partial charge is 0.507 e. The van der Waals surface area contributed by atoms with Gasteiger partial charge in [0.25, 0.3) is 0 Å². The maximum absolute atomic E-state index is 13.8. The third-order valence-electron chi connectivity index (χ3n) is 2.94. The summed E-state index contributed by atoms with van der Waals surface area (Å²) in [6.45, 7) is 0.255. The summed E-state index contributed by atoms with van der Waals surface area (Å²) in [6, 6.07) is 2.05. The molecule has 0 saturated carbocycles. The molecular weight excluding hydrogens is 249 g/mol. The van der Waals surface area contributed by atoms with E-state index < -0.39 is 23.7 Å². The SMILES string of the molecule is O=C(O)C1CNC(c2c(O)ccc(Cl)c2F)C1. The first-order chi connectivity index (χ1) is 8.00. The number of aromatic hydroxyl groups is 1. The predicted octanol–water partition coefficient (Wildman–Crippen LogP) is 1.92. The molecule has 1 fully saturated rings. The van der Waals surface area contributed by atoms with Crippen molar-refractivity contribution in [1.82, 2.24) is 5.32 Å². The van der Waals surface area contributed by atoms with Crippen LogP contribution in [0.15, 0.2) is 12.1 Å². The zero-order valence-corrected chi connectivity index (χ0v) is 9.54. The number of carboxylic acids is 1. The second-order valence-electron chi connectivity index (χ2n) is 4.03. The Labute approximate surface area is 102 Å². The Hall–Kier alpha value is -1.33. The molecule has 3 N–H and O–H groups in total. The van der Waals surface area contributed by atoms with E-state index in [4.69, 9.17) is 16.7 Å². The highest BCUT2D eigenvalue weighted by molar-refractivity contribution is 6.30. The Morgan fingerprint density at radius 1 is 1.53 bits per heavy atom. The van der Waals surface area contributed by atoms with Crippen LogP contribution in [0.2, 0.25) is 5.02 Å². The van der Waals surface area contributed by atoms with Gasteiger partial charge in [-0.05, 0) is 18.6 Å². The van der Waals surface area contributed by atoms with Crippen LogP contribution < -0.4 is 5.32 Å². The van der Waals surface area contributed by atoms with Crippen molar-refractivity contribution in [3.63, 3.8) is 0 Å². The first-order valence-electron chi connectivity index (χ1n) is 5.13. The molecule has 6 heteroatoms. The molecule has 2 rings (SSSR count). The number of hydrogen-bond donors (Lipinski definition) is 3. The van der Waals surface area contributed by atoms with E-state index in [-0.39, 0.29) is 29.3 Å². The van der Waals surface area contributed by atoms with E-state index in [1.54, 1.807) is 0 Å². The van der Waals surface area contributed by atoms with Gasteiger partial charge in [0, 0.05) is 18.2 Å². The molecule has 0 radical (unpaired) electrons. The minimum atomic E-state index is -0.929. The van der Waals surface area contributed by atoms with Crippen molar-refractivity contribution in [2.75, 3.05) is 6.54 Å². The minimum Gasteiger partial charge on any atom is -0.507 e. The fourth-order valence-electron chi connectivity index (χ4n) is 2.03. The number of rotatable bonds is 2. The monoisotopic (exact) mass is 259 g/mol. The summed E-state index contributed by atoms with van der Waals surface area (Å²) in [4.78, 5) is 10.8. The van der Waals surface area contributed by atoms with E-state index in [0.717, 1.165) is 0 Å². The summed E-state index contributed by atoms with van der Waals surface area (Å²) in [7, 11) is 0. The van der Waals surface area contributed by atoms with Crippen LogP contribution in [0.3, 0.4) is 0 Å². The fraction of sp³-hybridized carbons (Fsp3) is 0.364. The fourth-order valence-corrected chi connectivity index (χ4v) is 2.20. The van der Waals surface area contributed by atoms with Gasteiger partial charge in [-0.3, -0.25) is 4.79 Å². The lowest BCUT2D eigenvalue weighted by Gasteiger charge is -2.14. The molecule has 0 bridgehead atoms. The number of halogens is 2. The number of hydrogen-bond acceptors (Lipinski definition) is 3. The lowest BCUT2D eigenvalue weighted by Crippen LogP contribution is -2.17. The van der Waals surface area contributed by atoms with Crippen molar-refractivity contribution in [2.45, 2.75) is 12.5 Å². The number of carboxylic acid groups (broad SMARTS) is 1. The Balaban J connectivity index is 2.30. The Bertz CT molecular complexity index is 466. The van der Waals surface area contributed by atoms with Gasteiger partial charge in [-0.15, -0.1) is 0 Å². The van der Waals surface area contributed by atoms with E-state index in [0.29, 0.717) is 0 Å². The van der Waals surface area contributed by atoms with Crippen LogP contribution in [0.25, 0.3) is 0 Å². The van der Waals surface area contributed by atoms with Crippen molar-refractivity contribution < 1.29 is 19.4 Å². The Morgan fingerprint density at radius 2 is 2.24 bits per heavy atom. The smallest absolute Gasteiger partial charge is 0.307 e. The van der Waals surface area contributed by atoms with Gasteiger partial charge in [0.1, 0.15) is 11.6 Å². The Kier molecular flexibility index (Phi) is 3.22. The van der Waals surface area contributed by atoms with Crippen LogP contribution in [0.5, 0.6) is 5.75 Å². The normalized spacial score (nSPS) is 23.9. The molecule has 1 saturated heterocycles. The van der Waals surface area contributed by atoms with E-state index in [9.17, 15) is 14.3 Å². The molecule has 0 spiro atoms. The molecular formula is C11H11ClFNO3. The highest BCUT2D eigenvalue weighted by Crippen LogP contribution is 2.36. The number of benzene rings is 1.